The number of hydrogen-bond acceptors (Lipinski definition) is 4. The van der Waals surface area contributed by atoms with Crippen molar-refractivity contribution in [3.8, 4) is 0 Å². The number of carbonyl (C=O) groups excluding carboxylic acids is 2. The quantitative estimate of drug-likeness (QED) is 0.825. The standard InChI is InChI=1S/C14H18BrNO4/c1-4-19-13(17)10-5-6-12(11(15)7-10)16-14(18)20-8-9(2)3/h5-7,9H,4,8H2,1-3H3,(H,16,18). The third-order valence-electron chi connectivity index (χ3n) is 2.26. The van der Waals surface area contributed by atoms with Crippen LogP contribution in [0.4, 0.5) is 10.5 Å². The molecule has 0 atom stereocenters. The van der Waals surface area contributed by atoms with Gasteiger partial charge in [0.2, 0.25) is 0 Å². The minimum atomic E-state index is -0.525. The van der Waals surface area contributed by atoms with Crippen molar-refractivity contribution >= 4 is 33.7 Å². The summed E-state index contributed by atoms with van der Waals surface area (Å²) < 4.78 is 10.5. The third-order valence-corrected chi connectivity index (χ3v) is 2.92. The lowest BCUT2D eigenvalue weighted by atomic mass is 10.2. The van der Waals surface area contributed by atoms with Crippen molar-refractivity contribution in [3.05, 3.63) is 28.2 Å². The van der Waals surface area contributed by atoms with Gasteiger partial charge in [0.1, 0.15) is 0 Å². The van der Waals surface area contributed by atoms with Crippen LogP contribution in [0.1, 0.15) is 31.1 Å². The van der Waals surface area contributed by atoms with E-state index in [4.69, 9.17) is 9.47 Å². The van der Waals surface area contributed by atoms with Crippen LogP contribution in [0.3, 0.4) is 0 Å². The van der Waals surface area contributed by atoms with Crippen molar-refractivity contribution in [2.45, 2.75) is 20.8 Å². The first-order valence-corrected chi connectivity index (χ1v) is 7.13. The molecule has 1 N–H and O–H groups in total. The fourth-order valence-electron chi connectivity index (χ4n) is 1.35. The van der Waals surface area contributed by atoms with Crippen molar-refractivity contribution in [1.82, 2.24) is 0 Å². The van der Waals surface area contributed by atoms with Crippen molar-refractivity contribution in [2.75, 3.05) is 18.5 Å². The molecule has 6 heteroatoms. The summed E-state index contributed by atoms with van der Waals surface area (Å²) in [6.45, 7) is 6.32. The van der Waals surface area contributed by atoms with Gasteiger partial charge in [-0.05, 0) is 47.0 Å². The Morgan fingerprint density at radius 3 is 2.55 bits per heavy atom. The lowest BCUT2D eigenvalue weighted by Gasteiger charge is -2.10. The normalized spacial score (nSPS) is 10.2. The van der Waals surface area contributed by atoms with Crippen LogP contribution in [-0.2, 0) is 9.47 Å². The summed E-state index contributed by atoms with van der Waals surface area (Å²) in [4.78, 5) is 23.1. The van der Waals surface area contributed by atoms with Gasteiger partial charge in [0.05, 0.1) is 24.5 Å². The highest BCUT2D eigenvalue weighted by molar-refractivity contribution is 9.10. The average Bonchev–Trinajstić information content (AvgIpc) is 2.39. The van der Waals surface area contributed by atoms with E-state index in [1.165, 1.54) is 0 Å². The maximum atomic E-state index is 11.6. The van der Waals surface area contributed by atoms with Gasteiger partial charge in [0.25, 0.3) is 0 Å². The molecule has 0 radical (unpaired) electrons. The summed E-state index contributed by atoms with van der Waals surface area (Å²) in [7, 11) is 0. The molecule has 1 amide bonds. The van der Waals surface area contributed by atoms with E-state index < -0.39 is 12.1 Å². The van der Waals surface area contributed by atoms with Crippen LogP contribution in [-0.4, -0.2) is 25.3 Å². The number of esters is 1. The van der Waals surface area contributed by atoms with E-state index in [9.17, 15) is 9.59 Å². The van der Waals surface area contributed by atoms with E-state index in [1.807, 2.05) is 13.8 Å². The Labute approximate surface area is 126 Å². The molecule has 5 nitrogen and oxygen atoms in total. The zero-order chi connectivity index (χ0) is 15.1. The summed E-state index contributed by atoms with van der Waals surface area (Å²) in [5.41, 5.74) is 0.951. The van der Waals surface area contributed by atoms with Gasteiger partial charge in [-0.3, -0.25) is 5.32 Å². The molecular weight excluding hydrogens is 326 g/mol. The van der Waals surface area contributed by atoms with Gasteiger partial charge in [-0.25, -0.2) is 9.59 Å². The first kappa shape index (κ1) is 16.5. The minimum absolute atomic E-state index is 0.274. The van der Waals surface area contributed by atoms with Crippen LogP contribution in [0.25, 0.3) is 0 Å². The third kappa shape index (κ3) is 5.21. The molecule has 20 heavy (non-hydrogen) atoms. The van der Waals surface area contributed by atoms with Crippen molar-refractivity contribution in [3.63, 3.8) is 0 Å². The number of ether oxygens (including phenoxy) is 2. The predicted octanol–water partition coefficient (Wildman–Crippen LogP) is 3.83. The molecule has 0 aromatic heterocycles. The summed E-state index contributed by atoms with van der Waals surface area (Å²) >= 11 is 3.30. The Balaban J connectivity index is 2.68. The maximum absolute atomic E-state index is 11.6. The SMILES string of the molecule is CCOC(=O)c1ccc(NC(=O)OCC(C)C)c(Br)c1. The molecule has 0 aliphatic heterocycles. The van der Waals surface area contributed by atoms with E-state index in [-0.39, 0.29) is 5.92 Å². The van der Waals surface area contributed by atoms with Gasteiger partial charge in [-0.2, -0.15) is 0 Å². The zero-order valence-corrected chi connectivity index (χ0v) is 13.3. The topological polar surface area (TPSA) is 64.6 Å². The lowest BCUT2D eigenvalue weighted by molar-refractivity contribution is 0.0526. The minimum Gasteiger partial charge on any atom is -0.462 e. The largest absolute Gasteiger partial charge is 0.462 e. The number of anilines is 1. The van der Waals surface area contributed by atoms with E-state index >= 15 is 0 Å². The van der Waals surface area contributed by atoms with Gasteiger partial charge in [0, 0.05) is 4.47 Å². The monoisotopic (exact) mass is 343 g/mol. The van der Waals surface area contributed by atoms with Gasteiger partial charge >= 0.3 is 12.1 Å². The molecule has 0 aliphatic rings. The number of carbonyl (C=O) groups is 2. The molecule has 0 saturated heterocycles. The van der Waals surface area contributed by atoms with Crippen molar-refractivity contribution < 1.29 is 19.1 Å². The summed E-state index contributed by atoms with van der Waals surface area (Å²) in [5, 5.41) is 2.60. The molecule has 1 rings (SSSR count). The van der Waals surface area contributed by atoms with Gasteiger partial charge < -0.3 is 9.47 Å². The zero-order valence-electron chi connectivity index (χ0n) is 11.7. The van der Waals surface area contributed by atoms with E-state index in [0.29, 0.717) is 28.9 Å². The van der Waals surface area contributed by atoms with Crippen LogP contribution >= 0.6 is 15.9 Å². The summed E-state index contributed by atoms with van der Waals surface area (Å²) in [5.74, 6) is -0.127. The molecule has 0 aliphatic carbocycles. The Hall–Kier alpha value is -1.56. The molecule has 1 aromatic rings. The fraction of sp³-hybridized carbons (Fsp3) is 0.429. The van der Waals surface area contributed by atoms with Gasteiger partial charge in [0.15, 0.2) is 0 Å². The number of benzene rings is 1. The van der Waals surface area contributed by atoms with Gasteiger partial charge in [-0.15, -0.1) is 0 Å². The van der Waals surface area contributed by atoms with Crippen LogP contribution in [0, 0.1) is 5.92 Å². The van der Waals surface area contributed by atoms with Crippen LogP contribution in [0.15, 0.2) is 22.7 Å². The number of nitrogens with one attached hydrogen (secondary N) is 1. The molecule has 0 saturated carbocycles. The first-order valence-electron chi connectivity index (χ1n) is 6.34. The fourth-order valence-corrected chi connectivity index (χ4v) is 1.82. The molecule has 0 heterocycles. The molecule has 0 fully saturated rings. The summed E-state index contributed by atoms with van der Waals surface area (Å²) in [6, 6.07) is 4.80. The predicted molar refractivity (Wildman–Crippen MR) is 79.9 cm³/mol. The second-order valence-electron chi connectivity index (χ2n) is 4.53. The maximum Gasteiger partial charge on any atom is 0.411 e. The molecular formula is C14H18BrNO4. The van der Waals surface area contributed by atoms with Crippen molar-refractivity contribution in [1.29, 1.82) is 0 Å². The number of halogens is 1. The lowest BCUT2D eigenvalue weighted by Crippen LogP contribution is -2.17. The van der Waals surface area contributed by atoms with Crippen LogP contribution in [0.2, 0.25) is 0 Å². The number of rotatable bonds is 5. The summed E-state index contributed by atoms with van der Waals surface area (Å²) in [6.07, 6.45) is -0.525. The van der Waals surface area contributed by atoms with E-state index in [1.54, 1.807) is 25.1 Å². The Bertz CT molecular complexity index is 488. The van der Waals surface area contributed by atoms with Gasteiger partial charge in [-0.1, -0.05) is 13.8 Å². The number of amides is 1. The highest BCUT2D eigenvalue weighted by atomic mass is 79.9. The molecule has 0 spiro atoms. The van der Waals surface area contributed by atoms with E-state index in [2.05, 4.69) is 21.2 Å². The molecule has 1 aromatic carbocycles. The van der Waals surface area contributed by atoms with Crippen LogP contribution in [0.5, 0.6) is 0 Å². The molecule has 110 valence electrons. The average molecular weight is 344 g/mol. The highest BCUT2D eigenvalue weighted by Crippen LogP contribution is 2.24. The first-order chi connectivity index (χ1) is 9.43. The molecule has 0 bridgehead atoms. The number of hydrogen-bond donors (Lipinski definition) is 1. The second kappa shape index (κ2) is 7.89. The Morgan fingerprint density at radius 2 is 2.00 bits per heavy atom. The van der Waals surface area contributed by atoms with E-state index in [0.717, 1.165) is 0 Å². The van der Waals surface area contributed by atoms with Crippen molar-refractivity contribution in [2.24, 2.45) is 5.92 Å². The molecule has 0 unspecified atom stereocenters. The van der Waals surface area contributed by atoms with Crippen LogP contribution < -0.4 is 5.32 Å². The Morgan fingerprint density at radius 1 is 1.30 bits per heavy atom. The Kier molecular flexibility index (Phi) is 6.51. The smallest absolute Gasteiger partial charge is 0.411 e. The second-order valence-corrected chi connectivity index (χ2v) is 5.39. The highest BCUT2D eigenvalue weighted by Gasteiger charge is 2.11.